The van der Waals surface area contributed by atoms with Crippen LogP contribution in [-0.2, 0) is 9.53 Å². The standard InChI is InChI=1S/C14H16Cl2O3/c1-2-19-13(18)9-4-3-8-12(17)10-6-5-7-11(15)14(10)16/h5-7H,2-4,8-9H2,1H3. The van der Waals surface area contributed by atoms with Gasteiger partial charge in [0.15, 0.2) is 5.78 Å². The average Bonchev–Trinajstić information content (AvgIpc) is 2.38. The molecule has 0 aliphatic carbocycles. The van der Waals surface area contributed by atoms with Crippen LogP contribution in [0.1, 0.15) is 43.0 Å². The van der Waals surface area contributed by atoms with Crippen LogP contribution >= 0.6 is 23.2 Å². The van der Waals surface area contributed by atoms with Crippen LogP contribution in [-0.4, -0.2) is 18.4 Å². The summed E-state index contributed by atoms with van der Waals surface area (Å²) in [6.45, 7) is 2.15. The van der Waals surface area contributed by atoms with E-state index in [1.54, 1.807) is 25.1 Å². The third-order valence-electron chi connectivity index (χ3n) is 2.59. The second kappa shape index (κ2) is 8.18. The van der Waals surface area contributed by atoms with Crippen molar-refractivity contribution in [3.8, 4) is 0 Å². The number of rotatable bonds is 7. The Labute approximate surface area is 122 Å². The molecule has 0 spiro atoms. The molecule has 1 rings (SSSR count). The van der Waals surface area contributed by atoms with Crippen LogP contribution in [0.3, 0.4) is 0 Å². The maximum absolute atomic E-state index is 11.9. The van der Waals surface area contributed by atoms with E-state index in [-0.39, 0.29) is 11.8 Å². The minimum absolute atomic E-state index is 0.0589. The van der Waals surface area contributed by atoms with E-state index in [1.807, 2.05) is 0 Å². The summed E-state index contributed by atoms with van der Waals surface area (Å²) in [7, 11) is 0. The molecule has 0 heterocycles. The Balaban J connectivity index is 2.40. The molecular formula is C14H16Cl2O3. The largest absolute Gasteiger partial charge is 0.466 e. The Hall–Kier alpha value is -1.06. The van der Waals surface area contributed by atoms with Gasteiger partial charge in [0.05, 0.1) is 16.7 Å². The van der Waals surface area contributed by atoms with Gasteiger partial charge in [0.25, 0.3) is 0 Å². The first kappa shape index (κ1) is 16.0. The molecule has 0 aromatic heterocycles. The van der Waals surface area contributed by atoms with Crippen molar-refractivity contribution in [3.05, 3.63) is 33.8 Å². The first-order chi connectivity index (χ1) is 9.06. The fourth-order valence-electron chi connectivity index (χ4n) is 1.64. The van der Waals surface area contributed by atoms with Crippen LogP contribution < -0.4 is 0 Å². The Morgan fingerprint density at radius 1 is 1.16 bits per heavy atom. The fourth-order valence-corrected chi connectivity index (χ4v) is 2.05. The van der Waals surface area contributed by atoms with Crippen molar-refractivity contribution in [2.24, 2.45) is 0 Å². The molecule has 1 aromatic rings. The number of ether oxygens (including phenoxy) is 1. The average molecular weight is 303 g/mol. The lowest BCUT2D eigenvalue weighted by atomic mass is 10.0. The number of ketones is 1. The van der Waals surface area contributed by atoms with Gasteiger partial charge in [-0.15, -0.1) is 0 Å². The van der Waals surface area contributed by atoms with Crippen LogP contribution in [0.2, 0.25) is 10.0 Å². The number of hydrogen-bond donors (Lipinski definition) is 0. The summed E-state index contributed by atoms with van der Waals surface area (Å²) in [4.78, 5) is 23.0. The van der Waals surface area contributed by atoms with E-state index in [1.165, 1.54) is 0 Å². The Morgan fingerprint density at radius 3 is 2.53 bits per heavy atom. The summed E-state index contributed by atoms with van der Waals surface area (Å²) in [6.07, 6.45) is 1.94. The van der Waals surface area contributed by atoms with E-state index >= 15 is 0 Å². The summed E-state index contributed by atoms with van der Waals surface area (Å²) in [6, 6.07) is 4.99. The van der Waals surface area contributed by atoms with Gasteiger partial charge in [-0.1, -0.05) is 29.3 Å². The van der Waals surface area contributed by atoms with Crippen molar-refractivity contribution in [2.45, 2.75) is 32.6 Å². The highest BCUT2D eigenvalue weighted by Gasteiger charge is 2.12. The molecule has 0 radical (unpaired) electrons. The number of hydrogen-bond acceptors (Lipinski definition) is 3. The molecule has 0 bridgehead atoms. The first-order valence-corrected chi connectivity index (χ1v) is 6.94. The van der Waals surface area contributed by atoms with Crippen LogP contribution in [0, 0.1) is 0 Å². The molecule has 0 amide bonds. The monoisotopic (exact) mass is 302 g/mol. The Kier molecular flexibility index (Phi) is 6.89. The number of unbranched alkanes of at least 4 members (excludes halogenated alkanes) is 1. The van der Waals surface area contributed by atoms with E-state index in [2.05, 4.69) is 0 Å². The van der Waals surface area contributed by atoms with Gasteiger partial charge in [-0.3, -0.25) is 9.59 Å². The summed E-state index contributed by atoms with van der Waals surface area (Å²) in [5.41, 5.74) is 0.435. The molecule has 0 saturated heterocycles. The minimum atomic E-state index is -0.226. The molecule has 0 N–H and O–H groups in total. The van der Waals surface area contributed by atoms with E-state index in [4.69, 9.17) is 27.9 Å². The highest BCUT2D eigenvalue weighted by atomic mass is 35.5. The maximum atomic E-state index is 11.9. The Morgan fingerprint density at radius 2 is 1.84 bits per heavy atom. The maximum Gasteiger partial charge on any atom is 0.305 e. The predicted molar refractivity (Wildman–Crippen MR) is 75.9 cm³/mol. The molecule has 0 unspecified atom stereocenters. The predicted octanol–water partition coefficient (Wildman–Crippen LogP) is 4.30. The second-order valence-electron chi connectivity index (χ2n) is 4.04. The van der Waals surface area contributed by atoms with Gasteiger partial charge in [0.2, 0.25) is 0 Å². The lowest BCUT2D eigenvalue weighted by Crippen LogP contribution is -2.04. The normalized spacial score (nSPS) is 10.3. The summed E-state index contributed by atoms with van der Waals surface area (Å²) in [5.74, 6) is -0.285. The van der Waals surface area contributed by atoms with Gasteiger partial charge >= 0.3 is 5.97 Å². The molecule has 0 saturated carbocycles. The molecule has 0 aliphatic rings. The summed E-state index contributed by atoms with van der Waals surface area (Å²) < 4.78 is 4.81. The highest BCUT2D eigenvalue weighted by molar-refractivity contribution is 6.43. The SMILES string of the molecule is CCOC(=O)CCCCC(=O)c1cccc(Cl)c1Cl. The van der Waals surface area contributed by atoms with Gasteiger partial charge in [0, 0.05) is 18.4 Å². The zero-order valence-corrected chi connectivity index (χ0v) is 12.3. The Bertz CT molecular complexity index is 458. The van der Waals surface area contributed by atoms with E-state index < -0.39 is 0 Å². The van der Waals surface area contributed by atoms with Gasteiger partial charge in [-0.05, 0) is 31.9 Å². The first-order valence-electron chi connectivity index (χ1n) is 6.19. The van der Waals surface area contributed by atoms with Crippen molar-refractivity contribution >= 4 is 35.0 Å². The van der Waals surface area contributed by atoms with Crippen molar-refractivity contribution < 1.29 is 14.3 Å². The van der Waals surface area contributed by atoms with E-state index in [0.29, 0.717) is 47.9 Å². The van der Waals surface area contributed by atoms with Crippen molar-refractivity contribution in [3.63, 3.8) is 0 Å². The molecule has 0 atom stereocenters. The molecule has 1 aromatic carbocycles. The van der Waals surface area contributed by atoms with Crippen LogP contribution in [0.4, 0.5) is 0 Å². The lowest BCUT2D eigenvalue weighted by Gasteiger charge is -2.05. The highest BCUT2D eigenvalue weighted by Crippen LogP contribution is 2.26. The van der Waals surface area contributed by atoms with Gasteiger partial charge in [-0.25, -0.2) is 0 Å². The van der Waals surface area contributed by atoms with Gasteiger partial charge < -0.3 is 4.74 Å². The fraction of sp³-hybridized carbons (Fsp3) is 0.429. The zero-order chi connectivity index (χ0) is 14.3. The molecule has 0 fully saturated rings. The van der Waals surface area contributed by atoms with Crippen LogP contribution in [0.15, 0.2) is 18.2 Å². The molecule has 0 aliphatic heterocycles. The summed E-state index contributed by atoms with van der Waals surface area (Å²) >= 11 is 11.8. The molecule has 104 valence electrons. The number of halogens is 2. The minimum Gasteiger partial charge on any atom is -0.466 e. The molecule has 3 nitrogen and oxygen atoms in total. The number of carbonyl (C=O) groups is 2. The zero-order valence-electron chi connectivity index (χ0n) is 10.7. The lowest BCUT2D eigenvalue weighted by molar-refractivity contribution is -0.143. The number of Topliss-reactive ketones (excluding diaryl/α,β-unsaturated/α-hetero) is 1. The second-order valence-corrected chi connectivity index (χ2v) is 4.82. The smallest absolute Gasteiger partial charge is 0.305 e. The number of esters is 1. The van der Waals surface area contributed by atoms with Crippen molar-refractivity contribution in [1.82, 2.24) is 0 Å². The van der Waals surface area contributed by atoms with E-state index in [9.17, 15) is 9.59 Å². The number of carbonyl (C=O) groups excluding carboxylic acids is 2. The van der Waals surface area contributed by atoms with Crippen LogP contribution in [0.5, 0.6) is 0 Å². The van der Waals surface area contributed by atoms with Gasteiger partial charge in [-0.2, -0.15) is 0 Å². The topological polar surface area (TPSA) is 43.4 Å². The van der Waals surface area contributed by atoms with E-state index in [0.717, 1.165) is 0 Å². The van der Waals surface area contributed by atoms with Crippen LogP contribution in [0.25, 0.3) is 0 Å². The van der Waals surface area contributed by atoms with Crippen molar-refractivity contribution in [2.75, 3.05) is 6.61 Å². The third kappa shape index (κ3) is 5.21. The quantitative estimate of drug-likeness (QED) is 0.428. The third-order valence-corrected chi connectivity index (χ3v) is 3.41. The summed E-state index contributed by atoms with van der Waals surface area (Å²) in [5, 5.41) is 0.665. The number of benzene rings is 1. The molecule has 5 heteroatoms. The van der Waals surface area contributed by atoms with Gasteiger partial charge in [0.1, 0.15) is 0 Å². The molecular weight excluding hydrogens is 287 g/mol. The van der Waals surface area contributed by atoms with Crippen molar-refractivity contribution in [1.29, 1.82) is 0 Å². The molecule has 19 heavy (non-hydrogen) atoms.